The molecule has 0 amide bonds. The molecule has 30 heavy (non-hydrogen) atoms. The average Bonchev–Trinajstić information content (AvgIpc) is 2.58. The van der Waals surface area contributed by atoms with Gasteiger partial charge in [-0.3, -0.25) is 4.98 Å². The van der Waals surface area contributed by atoms with Crippen molar-refractivity contribution in [1.29, 1.82) is 0 Å². The second-order valence-electron chi connectivity index (χ2n) is 8.39. The van der Waals surface area contributed by atoms with Crippen molar-refractivity contribution in [3.8, 4) is 0 Å². The number of sulfone groups is 1. The molecule has 0 saturated carbocycles. The first-order valence-corrected chi connectivity index (χ1v) is 10.3. The number of aromatic nitrogens is 1. The Morgan fingerprint density at radius 2 is 1.27 bits per heavy atom. The van der Waals surface area contributed by atoms with Crippen molar-refractivity contribution in [1.82, 2.24) is 4.98 Å². The van der Waals surface area contributed by atoms with E-state index in [4.69, 9.17) is 0 Å². The molecule has 0 aliphatic carbocycles. The van der Waals surface area contributed by atoms with E-state index in [1.165, 1.54) is 0 Å². The van der Waals surface area contributed by atoms with Crippen LogP contribution in [0.4, 0.5) is 26.3 Å². The van der Waals surface area contributed by atoms with E-state index >= 15 is 0 Å². The molecular weight excluding hydrogens is 432 g/mol. The van der Waals surface area contributed by atoms with Gasteiger partial charge in [0.1, 0.15) is 0 Å². The molecule has 0 saturated heterocycles. The van der Waals surface area contributed by atoms with E-state index in [-0.39, 0.29) is 5.56 Å². The number of benzene rings is 1. The molecule has 1 aromatic carbocycles. The lowest BCUT2D eigenvalue weighted by Gasteiger charge is -2.29. The van der Waals surface area contributed by atoms with Gasteiger partial charge in [0.25, 0.3) is 0 Å². The Balaban J connectivity index is 2.77. The zero-order valence-electron chi connectivity index (χ0n) is 16.9. The summed E-state index contributed by atoms with van der Waals surface area (Å²) in [5.74, 6) is 0. The maximum atomic E-state index is 13.6. The van der Waals surface area contributed by atoms with E-state index < -0.39 is 53.9 Å². The molecule has 0 aliphatic heterocycles. The van der Waals surface area contributed by atoms with Crippen molar-refractivity contribution in [2.24, 2.45) is 0 Å². The van der Waals surface area contributed by atoms with Crippen molar-refractivity contribution in [2.75, 3.05) is 0 Å². The maximum absolute atomic E-state index is 13.6. The van der Waals surface area contributed by atoms with Crippen LogP contribution in [-0.2, 0) is 32.4 Å². The Morgan fingerprint density at radius 3 is 1.73 bits per heavy atom. The largest absolute Gasteiger partial charge is 0.418 e. The summed E-state index contributed by atoms with van der Waals surface area (Å²) in [6, 6.07) is 3.46. The number of hydrogen-bond donors (Lipinski definition) is 0. The fourth-order valence-electron chi connectivity index (χ4n) is 3.16. The number of nitrogens with zero attached hydrogens (tertiary/aromatic N) is 1. The van der Waals surface area contributed by atoms with Crippen LogP contribution in [-0.4, -0.2) is 13.4 Å². The third-order valence-electron chi connectivity index (χ3n) is 4.86. The molecule has 0 N–H and O–H groups in total. The highest BCUT2D eigenvalue weighted by molar-refractivity contribution is 7.92. The second-order valence-corrected chi connectivity index (χ2v) is 10.9. The van der Waals surface area contributed by atoms with Gasteiger partial charge in [0.2, 0.25) is 0 Å². The number of alkyl halides is 6. The fraction of sp³-hybridized carbons (Fsp3) is 0.450. The van der Waals surface area contributed by atoms with Crippen LogP contribution >= 0.6 is 0 Å². The molecule has 0 unspecified atom stereocenters. The van der Waals surface area contributed by atoms with Gasteiger partial charge in [-0.1, -0.05) is 26.8 Å². The van der Waals surface area contributed by atoms with Crippen LogP contribution in [0.15, 0.2) is 41.6 Å². The highest BCUT2D eigenvalue weighted by Crippen LogP contribution is 2.44. The second kappa shape index (κ2) is 7.25. The molecular formula is C20H21F6NO2S. The molecule has 2 rings (SSSR count). The highest BCUT2D eigenvalue weighted by atomic mass is 32.2. The van der Waals surface area contributed by atoms with Crippen molar-refractivity contribution in [2.45, 2.75) is 62.0 Å². The molecule has 10 heteroatoms. The first kappa shape index (κ1) is 24.2. The molecule has 0 fully saturated rings. The SMILES string of the molecule is CC(C)(C)c1ccc(S(=O)(=O)C(C)(C)c2ccncc2C(F)(F)F)cc1C(F)(F)F. The minimum atomic E-state index is -4.89. The minimum absolute atomic E-state index is 0.119. The van der Waals surface area contributed by atoms with Gasteiger partial charge >= 0.3 is 12.4 Å². The summed E-state index contributed by atoms with van der Waals surface area (Å²) in [4.78, 5) is 2.69. The topological polar surface area (TPSA) is 47.0 Å². The maximum Gasteiger partial charge on any atom is 0.418 e. The number of halogens is 6. The molecule has 3 nitrogen and oxygen atoms in total. The van der Waals surface area contributed by atoms with Gasteiger partial charge in [-0.2, -0.15) is 26.3 Å². The summed E-state index contributed by atoms with van der Waals surface area (Å²) >= 11 is 0. The fourth-order valence-corrected chi connectivity index (χ4v) is 4.74. The minimum Gasteiger partial charge on any atom is -0.264 e. The van der Waals surface area contributed by atoms with Crippen LogP contribution in [0.3, 0.4) is 0 Å². The lowest BCUT2D eigenvalue weighted by atomic mass is 9.83. The average molecular weight is 453 g/mol. The Hall–Kier alpha value is -2.10. The molecule has 1 aromatic heterocycles. The Kier molecular flexibility index (Phi) is 5.84. The van der Waals surface area contributed by atoms with Gasteiger partial charge in [-0.15, -0.1) is 0 Å². The van der Waals surface area contributed by atoms with Gasteiger partial charge in [0.15, 0.2) is 9.84 Å². The predicted molar refractivity (Wildman–Crippen MR) is 99.6 cm³/mol. The number of pyridine rings is 1. The zero-order chi connectivity index (χ0) is 23.3. The third kappa shape index (κ3) is 4.33. The Morgan fingerprint density at radius 1 is 0.733 bits per heavy atom. The molecule has 0 spiro atoms. The monoisotopic (exact) mass is 453 g/mol. The molecule has 0 atom stereocenters. The van der Waals surface area contributed by atoms with E-state index in [1.807, 2.05) is 0 Å². The van der Waals surface area contributed by atoms with Crippen LogP contribution in [0.1, 0.15) is 56.9 Å². The third-order valence-corrected chi connectivity index (χ3v) is 7.30. The lowest BCUT2D eigenvalue weighted by molar-refractivity contribution is -0.139. The highest BCUT2D eigenvalue weighted by Gasteiger charge is 2.46. The molecule has 0 bridgehead atoms. The molecule has 2 aromatic rings. The smallest absolute Gasteiger partial charge is 0.264 e. The van der Waals surface area contributed by atoms with Crippen molar-refractivity contribution in [3.63, 3.8) is 0 Å². The number of hydrogen-bond acceptors (Lipinski definition) is 3. The van der Waals surface area contributed by atoms with Crippen LogP contribution in [0.2, 0.25) is 0 Å². The van der Waals surface area contributed by atoms with Crippen LogP contribution in [0, 0.1) is 0 Å². The van der Waals surface area contributed by atoms with Gasteiger partial charge in [0.05, 0.1) is 20.8 Å². The van der Waals surface area contributed by atoms with Crippen molar-refractivity contribution in [3.05, 3.63) is 58.9 Å². The van der Waals surface area contributed by atoms with E-state index in [0.29, 0.717) is 12.3 Å². The zero-order valence-corrected chi connectivity index (χ0v) is 17.7. The van der Waals surface area contributed by atoms with E-state index in [2.05, 4.69) is 4.98 Å². The number of rotatable bonds is 3. The van der Waals surface area contributed by atoms with Gasteiger partial charge in [-0.25, -0.2) is 8.42 Å². The van der Waals surface area contributed by atoms with Crippen LogP contribution in [0.5, 0.6) is 0 Å². The first-order chi connectivity index (χ1) is 13.3. The van der Waals surface area contributed by atoms with Gasteiger partial charge in [-0.05, 0) is 48.6 Å². The van der Waals surface area contributed by atoms with Gasteiger partial charge < -0.3 is 0 Å². The molecule has 0 radical (unpaired) electrons. The molecule has 1 heterocycles. The lowest BCUT2D eigenvalue weighted by Crippen LogP contribution is -2.32. The van der Waals surface area contributed by atoms with Crippen molar-refractivity contribution < 1.29 is 34.8 Å². The summed E-state index contributed by atoms with van der Waals surface area (Å²) in [7, 11) is -4.65. The van der Waals surface area contributed by atoms with Gasteiger partial charge in [0, 0.05) is 12.4 Å². The quantitative estimate of drug-likeness (QED) is 0.526. The normalized spacial score (nSPS) is 14.1. The first-order valence-electron chi connectivity index (χ1n) is 8.79. The molecule has 0 aliphatic rings. The van der Waals surface area contributed by atoms with E-state index in [1.54, 1.807) is 20.8 Å². The summed E-state index contributed by atoms with van der Waals surface area (Å²) in [5, 5.41) is 0. The van der Waals surface area contributed by atoms with E-state index in [0.717, 1.165) is 38.2 Å². The Labute approximate surface area is 171 Å². The molecule has 166 valence electrons. The summed E-state index contributed by atoms with van der Waals surface area (Å²) < 4.78 is 105. The van der Waals surface area contributed by atoms with Crippen LogP contribution in [0.25, 0.3) is 0 Å². The van der Waals surface area contributed by atoms with Crippen molar-refractivity contribution >= 4 is 9.84 Å². The van der Waals surface area contributed by atoms with Crippen LogP contribution < -0.4 is 0 Å². The van der Waals surface area contributed by atoms with E-state index in [9.17, 15) is 34.8 Å². The summed E-state index contributed by atoms with van der Waals surface area (Å²) in [6.45, 7) is 6.68. The predicted octanol–water partition coefficient (Wildman–Crippen LogP) is 6.13. The summed E-state index contributed by atoms with van der Waals surface area (Å²) in [6.07, 6.45) is -8.22. The summed E-state index contributed by atoms with van der Waals surface area (Å²) in [5.41, 5.74) is -4.05. The standard InChI is InChI=1S/C20H21F6NO2S/c1-17(2,3)13-7-6-12(10-15(13)19(21,22)23)30(28,29)18(4,5)14-8-9-27-11-16(14)20(24,25)26/h6-11H,1-5H3. The Bertz CT molecular complexity index is 1050.